The number of benzene rings is 1. The van der Waals surface area contributed by atoms with E-state index in [1.807, 2.05) is 17.7 Å². The maximum Gasteiger partial charge on any atom is 0.300 e. The number of rotatable bonds is 8. The zero-order valence-corrected chi connectivity index (χ0v) is 19.0. The summed E-state index contributed by atoms with van der Waals surface area (Å²) in [6.45, 7) is 2.19. The minimum Gasteiger partial charge on any atom is -0.305 e. The SMILES string of the molecule is CCCCCCC#Cc1cncc(-c2nnc(Sc3ccc([N+](=O)[O-])c4nonc34)n2C)c1. The minimum absolute atomic E-state index is 0.0950. The maximum atomic E-state index is 11.2. The predicted octanol–water partition coefficient (Wildman–Crippen LogP) is 4.79. The molecular weight excluding hydrogens is 442 g/mol. The number of nitro groups is 1. The lowest BCUT2D eigenvalue weighted by molar-refractivity contribution is -0.383. The molecule has 11 heteroatoms. The lowest BCUT2D eigenvalue weighted by Crippen LogP contribution is -1.96. The topological polar surface area (TPSA) is 126 Å². The summed E-state index contributed by atoms with van der Waals surface area (Å²) in [7, 11) is 1.84. The van der Waals surface area contributed by atoms with Crippen LogP contribution in [0.1, 0.15) is 44.6 Å². The molecule has 0 saturated heterocycles. The monoisotopic (exact) mass is 463 g/mol. The van der Waals surface area contributed by atoms with Gasteiger partial charge in [0.15, 0.2) is 16.5 Å². The molecule has 10 nitrogen and oxygen atoms in total. The van der Waals surface area contributed by atoms with Crippen molar-refractivity contribution in [3.05, 3.63) is 46.3 Å². The lowest BCUT2D eigenvalue weighted by atomic mass is 10.1. The summed E-state index contributed by atoms with van der Waals surface area (Å²) in [6, 6.07) is 4.92. The minimum atomic E-state index is -0.518. The molecule has 0 N–H and O–H groups in total. The van der Waals surface area contributed by atoms with Crippen LogP contribution in [0.5, 0.6) is 0 Å². The van der Waals surface area contributed by atoms with Crippen molar-refractivity contribution in [2.24, 2.45) is 7.05 Å². The standard InChI is InChI=1S/C22H21N7O3S/c1-3-4-5-6-7-8-9-15-12-16(14-23-13-15)21-24-25-22(28(21)2)33-18-11-10-17(29(30)31)19-20(18)27-32-26-19/h10-14H,3-7H2,1-2H3. The largest absolute Gasteiger partial charge is 0.305 e. The third-order valence-electron chi connectivity index (χ3n) is 4.97. The average Bonchev–Trinajstić information content (AvgIpc) is 3.44. The first-order valence-electron chi connectivity index (χ1n) is 10.5. The molecule has 4 aromatic rings. The van der Waals surface area contributed by atoms with Gasteiger partial charge in [-0.15, -0.1) is 10.2 Å². The van der Waals surface area contributed by atoms with Crippen LogP contribution in [0.3, 0.4) is 0 Å². The van der Waals surface area contributed by atoms with Gasteiger partial charge in [-0.05, 0) is 40.6 Å². The Morgan fingerprint density at radius 2 is 2.00 bits per heavy atom. The molecule has 0 saturated carbocycles. The normalized spacial score (nSPS) is 10.8. The number of nitro benzene ring substituents is 1. The summed E-state index contributed by atoms with van der Waals surface area (Å²) in [5.41, 5.74) is 1.86. The first-order valence-corrected chi connectivity index (χ1v) is 11.3. The van der Waals surface area contributed by atoms with Crippen LogP contribution < -0.4 is 0 Å². The molecule has 0 atom stereocenters. The van der Waals surface area contributed by atoms with Crippen molar-refractivity contribution >= 4 is 28.5 Å². The molecule has 0 aliphatic carbocycles. The molecule has 0 unspecified atom stereocenters. The third kappa shape index (κ3) is 5.01. The van der Waals surface area contributed by atoms with Gasteiger partial charge in [-0.1, -0.05) is 38.0 Å². The number of pyridine rings is 1. The van der Waals surface area contributed by atoms with Crippen LogP contribution in [0, 0.1) is 22.0 Å². The number of nitrogens with zero attached hydrogens (tertiary/aromatic N) is 7. The molecule has 0 radical (unpaired) electrons. The molecule has 0 spiro atoms. The first-order chi connectivity index (χ1) is 16.1. The van der Waals surface area contributed by atoms with Crippen molar-refractivity contribution in [3.63, 3.8) is 0 Å². The van der Waals surface area contributed by atoms with E-state index in [9.17, 15) is 10.1 Å². The van der Waals surface area contributed by atoms with Crippen LogP contribution in [-0.4, -0.2) is 35.0 Å². The Hall–Kier alpha value is -3.78. The lowest BCUT2D eigenvalue weighted by Gasteiger charge is -2.04. The second-order valence-corrected chi connectivity index (χ2v) is 8.35. The Labute approximate surface area is 193 Å². The van der Waals surface area contributed by atoms with Crippen LogP contribution in [0.15, 0.2) is 45.3 Å². The summed E-state index contributed by atoms with van der Waals surface area (Å²) in [4.78, 5) is 15.6. The van der Waals surface area contributed by atoms with Crippen molar-refractivity contribution in [3.8, 4) is 23.2 Å². The zero-order valence-electron chi connectivity index (χ0n) is 18.2. The van der Waals surface area contributed by atoms with Gasteiger partial charge >= 0.3 is 5.69 Å². The summed E-state index contributed by atoms with van der Waals surface area (Å²) < 4.78 is 6.55. The first kappa shape index (κ1) is 22.4. The van der Waals surface area contributed by atoms with E-state index < -0.39 is 4.92 Å². The van der Waals surface area contributed by atoms with E-state index in [0.29, 0.717) is 21.4 Å². The highest BCUT2D eigenvalue weighted by Crippen LogP contribution is 2.35. The van der Waals surface area contributed by atoms with E-state index in [-0.39, 0.29) is 11.2 Å². The summed E-state index contributed by atoms with van der Waals surface area (Å²) in [5.74, 6) is 7.02. The predicted molar refractivity (Wildman–Crippen MR) is 122 cm³/mol. The summed E-state index contributed by atoms with van der Waals surface area (Å²) >= 11 is 1.27. The molecule has 0 amide bonds. The van der Waals surface area contributed by atoms with E-state index in [0.717, 1.165) is 24.0 Å². The van der Waals surface area contributed by atoms with Gasteiger partial charge in [0.1, 0.15) is 0 Å². The van der Waals surface area contributed by atoms with Crippen LogP contribution >= 0.6 is 11.8 Å². The van der Waals surface area contributed by atoms with E-state index in [2.05, 4.69) is 44.3 Å². The van der Waals surface area contributed by atoms with Gasteiger partial charge in [0.2, 0.25) is 5.52 Å². The number of hydrogen-bond donors (Lipinski definition) is 0. The quantitative estimate of drug-likeness (QED) is 0.157. The Bertz CT molecular complexity index is 1350. The molecule has 0 aliphatic rings. The average molecular weight is 464 g/mol. The maximum absolute atomic E-state index is 11.2. The summed E-state index contributed by atoms with van der Waals surface area (Å²) in [6.07, 6.45) is 9.08. The number of hydrogen-bond acceptors (Lipinski definition) is 9. The van der Waals surface area contributed by atoms with Crippen LogP contribution in [0.2, 0.25) is 0 Å². The molecule has 3 aromatic heterocycles. The van der Waals surface area contributed by atoms with Gasteiger partial charge in [0.25, 0.3) is 0 Å². The van der Waals surface area contributed by atoms with E-state index >= 15 is 0 Å². The van der Waals surface area contributed by atoms with Crippen molar-refractivity contribution in [1.29, 1.82) is 0 Å². The highest BCUT2D eigenvalue weighted by Gasteiger charge is 2.22. The van der Waals surface area contributed by atoms with Crippen molar-refractivity contribution < 1.29 is 9.55 Å². The van der Waals surface area contributed by atoms with Crippen LogP contribution in [0.25, 0.3) is 22.4 Å². The highest BCUT2D eigenvalue weighted by molar-refractivity contribution is 7.99. The Morgan fingerprint density at radius 3 is 2.82 bits per heavy atom. The molecule has 4 rings (SSSR count). The molecule has 168 valence electrons. The fourth-order valence-corrected chi connectivity index (χ4v) is 4.12. The van der Waals surface area contributed by atoms with Crippen molar-refractivity contribution in [2.75, 3.05) is 0 Å². The van der Waals surface area contributed by atoms with Crippen LogP contribution in [-0.2, 0) is 7.05 Å². The van der Waals surface area contributed by atoms with Gasteiger partial charge < -0.3 is 4.57 Å². The number of non-ortho nitro benzene ring substituents is 1. The van der Waals surface area contributed by atoms with Gasteiger partial charge in [-0.3, -0.25) is 15.1 Å². The fraction of sp³-hybridized carbons (Fsp3) is 0.318. The third-order valence-corrected chi connectivity index (χ3v) is 6.06. The Morgan fingerprint density at radius 1 is 1.15 bits per heavy atom. The number of aromatic nitrogens is 6. The molecule has 0 fully saturated rings. The highest BCUT2D eigenvalue weighted by atomic mass is 32.2. The fourth-order valence-electron chi connectivity index (χ4n) is 3.25. The van der Waals surface area contributed by atoms with Gasteiger partial charge in [-0.2, -0.15) is 0 Å². The number of fused-ring (bicyclic) bond motifs is 1. The molecule has 33 heavy (non-hydrogen) atoms. The zero-order chi connectivity index (χ0) is 23.2. The van der Waals surface area contributed by atoms with Crippen LogP contribution in [0.4, 0.5) is 5.69 Å². The van der Waals surface area contributed by atoms with E-state index in [4.69, 9.17) is 4.63 Å². The van der Waals surface area contributed by atoms with Gasteiger partial charge in [0, 0.05) is 48.0 Å². The molecule has 1 aromatic carbocycles. The molecular formula is C22H21N7O3S. The van der Waals surface area contributed by atoms with E-state index in [1.54, 1.807) is 18.5 Å². The Kier molecular flexibility index (Phi) is 6.95. The second kappa shape index (κ2) is 10.2. The molecule has 3 heterocycles. The number of unbranched alkanes of at least 4 members (excludes halogenated alkanes) is 4. The van der Waals surface area contributed by atoms with Crippen molar-refractivity contribution in [2.45, 2.75) is 49.1 Å². The second-order valence-electron chi connectivity index (χ2n) is 7.34. The van der Waals surface area contributed by atoms with E-state index in [1.165, 1.54) is 37.1 Å². The van der Waals surface area contributed by atoms with Gasteiger partial charge in [0.05, 0.1) is 4.92 Å². The smallest absolute Gasteiger partial charge is 0.300 e. The van der Waals surface area contributed by atoms with Gasteiger partial charge in [-0.25, -0.2) is 4.63 Å². The van der Waals surface area contributed by atoms with Crippen molar-refractivity contribution in [1.82, 2.24) is 30.1 Å². The molecule has 0 aliphatic heterocycles. The Balaban J connectivity index is 1.54. The summed E-state index contributed by atoms with van der Waals surface area (Å²) in [5, 5.41) is 27.8. The molecule has 0 bridgehead atoms.